The average molecular weight is 205 g/mol. The van der Waals surface area contributed by atoms with Gasteiger partial charge in [0, 0.05) is 18.4 Å². The van der Waals surface area contributed by atoms with Crippen molar-refractivity contribution < 1.29 is 0 Å². The minimum absolute atomic E-state index is 0.532. The smallest absolute Gasteiger partial charge is 0.0745 e. The lowest BCUT2D eigenvalue weighted by molar-refractivity contribution is 0.657. The molecule has 0 aliphatic heterocycles. The van der Waals surface area contributed by atoms with Crippen molar-refractivity contribution in [3.63, 3.8) is 0 Å². The van der Waals surface area contributed by atoms with Gasteiger partial charge in [-0.2, -0.15) is 5.10 Å². The summed E-state index contributed by atoms with van der Waals surface area (Å²) in [5, 5.41) is 5.42. The van der Waals surface area contributed by atoms with Gasteiger partial charge in [0.15, 0.2) is 0 Å². The Balaban J connectivity index is 2.29. The Morgan fingerprint density at radius 2 is 2.21 bits per heavy atom. The van der Waals surface area contributed by atoms with Crippen molar-refractivity contribution >= 4 is 28.1 Å². The number of thiocarbonyl (C=S) groups is 1. The average Bonchev–Trinajstić information content (AvgIpc) is 2.58. The van der Waals surface area contributed by atoms with Crippen LogP contribution in [0.2, 0.25) is 0 Å². The fraction of sp³-hybridized carbons (Fsp3) is 0.200. The molecule has 0 aliphatic rings. The second-order valence-corrected chi connectivity index (χ2v) is 3.67. The van der Waals surface area contributed by atoms with E-state index in [1.165, 1.54) is 0 Å². The van der Waals surface area contributed by atoms with E-state index in [4.69, 9.17) is 18.0 Å². The molecule has 4 heteroatoms. The predicted molar refractivity (Wildman–Crippen MR) is 61.1 cm³/mol. The van der Waals surface area contributed by atoms with Crippen molar-refractivity contribution in [2.75, 3.05) is 0 Å². The van der Waals surface area contributed by atoms with Gasteiger partial charge < -0.3 is 5.73 Å². The molecule has 0 aliphatic carbocycles. The van der Waals surface area contributed by atoms with Gasteiger partial charge in [0.2, 0.25) is 0 Å². The van der Waals surface area contributed by atoms with Gasteiger partial charge in [-0.15, -0.1) is 0 Å². The van der Waals surface area contributed by atoms with Crippen LogP contribution in [0.25, 0.3) is 10.9 Å². The lowest BCUT2D eigenvalue weighted by Gasteiger charge is -2.01. The summed E-state index contributed by atoms with van der Waals surface area (Å²) >= 11 is 4.83. The lowest BCUT2D eigenvalue weighted by atomic mass is 10.2. The third-order valence-corrected chi connectivity index (χ3v) is 2.33. The van der Waals surface area contributed by atoms with Crippen molar-refractivity contribution in [3.05, 3.63) is 30.5 Å². The summed E-state index contributed by atoms with van der Waals surface area (Å²) in [6.07, 6.45) is 2.55. The van der Waals surface area contributed by atoms with Crippen molar-refractivity contribution in [1.29, 1.82) is 0 Å². The highest BCUT2D eigenvalue weighted by Crippen LogP contribution is 2.12. The largest absolute Gasteiger partial charge is 0.393 e. The quantitative estimate of drug-likeness (QED) is 0.776. The molecule has 0 radical (unpaired) electrons. The van der Waals surface area contributed by atoms with Crippen molar-refractivity contribution in [3.8, 4) is 0 Å². The number of nitrogens with two attached hydrogens (primary N) is 1. The molecule has 2 aromatic rings. The number of hydrogen-bond acceptors (Lipinski definition) is 2. The van der Waals surface area contributed by atoms with Crippen LogP contribution in [0, 0.1) is 0 Å². The highest BCUT2D eigenvalue weighted by molar-refractivity contribution is 7.80. The first-order valence-electron chi connectivity index (χ1n) is 4.46. The van der Waals surface area contributed by atoms with E-state index in [1.54, 1.807) is 0 Å². The van der Waals surface area contributed by atoms with Gasteiger partial charge in [-0.1, -0.05) is 30.4 Å². The highest BCUT2D eigenvalue weighted by Gasteiger charge is 2.00. The maximum atomic E-state index is 5.44. The fourth-order valence-corrected chi connectivity index (χ4v) is 1.51. The molecule has 0 fully saturated rings. The molecule has 0 saturated heterocycles. The summed E-state index contributed by atoms with van der Waals surface area (Å²) < 4.78 is 1.93. The van der Waals surface area contributed by atoms with E-state index >= 15 is 0 Å². The molecular weight excluding hydrogens is 194 g/mol. The van der Waals surface area contributed by atoms with Gasteiger partial charge in [-0.25, -0.2) is 0 Å². The summed E-state index contributed by atoms with van der Waals surface area (Å²) in [5.74, 6) is 0. The molecule has 0 amide bonds. The van der Waals surface area contributed by atoms with E-state index in [0.717, 1.165) is 17.4 Å². The van der Waals surface area contributed by atoms with Crippen LogP contribution in [-0.4, -0.2) is 14.8 Å². The van der Waals surface area contributed by atoms with Gasteiger partial charge >= 0.3 is 0 Å². The van der Waals surface area contributed by atoms with Crippen molar-refractivity contribution in [2.45, 2.75) is 13.0 Å². The van der Waals surface area contributed by atoms with Gasteiger partial charge in [-0.05, 0) is 6.07 Å². The molecule has 72 valence electrons. The predicted octanol–water partition coefficient (Wildman–Crippen LogP) is 1.71. The SMILES string of the molecule is NC(=S)CCn1ncc2ccccc21. The molecule has 1 aromatic carbocycles. The number of hydrogen-bond donors (Lipinski definition) is 1. The van der Waals surface area contributed by atoms with Crippen LogP contribution >= 0.6 is 12.2 Å². The van der Waals surface area contributed by atoms with Gasteiger partial charge in [0.05, 0.1) is 16.7 Å². The Labute approximate surface area is 87.5 Å². The molecule has 1 aromatic heterocycles. The van der Waals surface area contributed by atoms with Crippen LogP contribution in [0.5, 0.6) is 0 Å². The zero-order valence-electron chi connectivity index (χ0n) is 7.68. The van der Waals surface area contributed by atoms with E-state index in [0.29, 0.717) is 11.4 Å². The second kappa shape index (κ2) is 3.75. The fourth-order valence-electron chi connectivity index (χ4n) is 1.42. The molecule has 2 N–H and O–H groups in total. The first-order valence-corrected chi connectivity index (χ1v) is 4.87. The first kappa shape index (κ1) is 9.15. The van der Waals surface area contributed by atoms with Gasteiger partial charge in [-0.3, -0.25) is 4.68 Å². The maximum Gasteiger partial charge on any atom is 0.0745 e. The Kier molecular flexibility index (Phi) is 2.45. The molecule has 0 bridgehead atoms. The van der Waals surface area contributed by atoms with Crippen LogP contribution < -0.4 is 5.73 Å². The molecule has 0 atom stereocenters. The van der Waals surface area contributed by atoms with Crippen LogP contribution in [0.3, 0.4) is 0 Å². The number of benzene rings is 1. The van der Waals surface area contributed by atoms with E-state index in [-0.39, 0.29) is 0 Å². The summed E-state index contributed by atoms with van der Waals surface area (Å²) in [6.45, 7) is 0.753. The molecular formula is C10H11N3S. The summed E-state index contributed by atoms with van der Waals surface area (Å²) in [6, 6.07) is 8.09. The molecule has 0 spiro atoms. The van der Waals surface area contributed by atoms with E-state index in [9.17, 15) is 0 Å². The molecule has 0 saturated carbocycles. The Hall–Kier alpha value is -1.42. The van der Waals surface area contributed by atoms with Crippen LogP contribution in [0.1, 0.15) is 6.42 Å². The zero-order chi connectivity index (χ0) is 9.97. The minimum Gasteiger partial charge on any atom is -0.393 e. The summed E-state index contributed by atoms with van der Waals surface area (Å²) in [7, 11) is 0. The zero-order valence-corrected chi connectivity index (χ0v) is 8.50. The Bertz CT molecular complexity index is 461. The van der Waals surface area contributed by atoms with Gasteiger partial charge in [0.1, 0.15) is 0 Å². The molecule has 3 nitrogen and oxygen atoms in total. The lowest BCUT2D eigenvalue weighted by Crippen LogP contribution is -2.12. The van der Waals surface area contributed by atoms with Crippen molar-refractivity contribution in [2.24, 2.45) is 5.73 Å². The standard InChI is InChI=1S/C10H11N3S/c11-10(14)5-6-13-9-4-2-1-3-8(9)7-12-13/h1-4,7H,5-6H2,(H2,11,14). The molecule has 14 heavy (non-hydrogen) atoms. The maximum absolute atomic E-state index is 5.44. The Morgan fingerprint density at radius 1 is 1.43 bits per heavy atom. The highest BCUT2D eigenvalue weighted by atomic mass is 32.1. The summed E-state index contributed by atoms with van der Waals surface area (Å²) in [4.78, 5) is 0.532. The van der Waals surface area contributed by atoms with E-state index in [2.05, 4.69) is 5.10 Å². The van der Waals surface area contributed by atoms with Crippen molar-refractivity contribution in [1.82, 2.24) is 9.78 Å². The number of nitrogens with zero attached hydrogens (tertiary/aromatic N) is 2. The number of rotatable bonds is 3. The number of fused-ring (bicyclic) bond motifs is 1. The first-order chi connectivity index (χ1) is 6.77. The molecule has 2 rings (SSSR count). The van der Waals surface area contributed by atoms with E-state index < -0.39 is 0 Å². The van der Waals surface area contributed by atoms with Crippen LogP contribution in [-0.2, 0) is 6.54 Å². The number of aryl methyl sites for hydroxylation is 1. The molecule has 1 heterocycles. The summed E-state index contributed by atoms with van der Waals surface area (Å²) in [5.41, 5.74) is 6.57. The third-order valence-electron chi connectivity index (χ3n) is 2.12. The van der Waals surface area contributed by atoms with E-state index in [1.807, 2.05) is 35.1 Å². The number of para-hydroxylation sites is 1. The second-order valence-electron chi connectivity index (χ2n) is 3.14. The topological polar surface area (TPSA) is 43.8 Å². The Morgan fingerprint density at radius 3 is 3.00 bits per heavy atom. The van der Waals surface area contributed by atoms with Crippen LogP contribution in [0.4, 0.5) is 0 Å². The minimum atomic E-state index is 0.532. The third kappa shape index (κ3) is 1.75. The van der Waals surface area contributed by atoms with Crippen LogP contribution in [0.15, 0.2) is 30.5 Å². The monoisotopic (exact) mass is 205 g/mol. The normalized spacial score (nSPS) is 10.6. The number of aromatic nitrogens is 2. The van der Waals surface area contributed by atoms with Gasteiger partial charge in [0.25, 0.3) is 0 Å². The molecule has 0 unspecified atom stereocenters.